The van der Waals surface area contributed by atoms with Crippen LogP contribution in [0.25, 0.3) is 0 Å². The number of rotatable bonds is 2. The Morgan fingerprint density at radius 2 is 2.11 bits per heavy atom. The smallest absolute Gasteiger partial charge is 0.246 e. The van der Waals surface area contributed by atoms with Crippen molar-refractivity contribution in [3.63, 3.8) is 0 Å². The van der Waals surface area contributed by atoms with Gasteiger partial charge in [0.15, 0.2) is 0 Å². The monoisotopic (exact) mass is 258 g/mol. The predicted octanol–water partition coefficient (Wildman–Crippen LogP) is 1.25. The molecule has 0 aliphatic carbocycles. The van der Waals surface area contributed by atoms with Gasteiger partial charge in [0.1, 0.15) is 0 Å². The van der Waals surface area contributed by atoms with E-state index in [1.807, 2.05) is 18.2 Å². The molecule has 19 heavy (non-hydrogen) atoms. The lowest BCUT2D eigenvalue weighted by Gasteiger charge is -2.47. The van der Waals surface area contributed by atoms with Gasteiger partial charge in [-0.05, 0) is 12.5 Å². The quantitative estimate of drug-likeness (QED) is 0.868. The van der Waals surface area contributed by atoms with Crippen LogP contribution in [0.4, 0.5) is 0 Å². The topological polar surface area (TPSA) is 41.6 Å². The molecule has 1 amide bonds. The third-order valence-electron chi connectivity index (χ3n) is 3.92. The minimum Gasteiger partial charge on any atom is -0.377 e. The predicted molar refractivity (Wildman–Crippen MR) is 72.4 cm³/mol. The molecule has 1 fully saturated rings. The van der Waals surface area contributed by atoms with Crippen LogP contribution in [0.1, 0.15) is 12.5 Å². The third kappa shape index (κ3) is 2.12. The van der Waals surface area contributed by atoms with Gasteiger partial charge in [0.25, 0.3) is 0 Å². The fraction of sp³-hybridized carbons (Fsp3) is 0.400. The number of benzene rings is 1. The first-order chi connectivity index (χ1) is 9.20. The molecule has 0 radical (unpaired) electrons. The van der Waals surface area contributed by atoms with E-state index in [4.69, 9.17) is 4.74 Å². The Morgan fingerprint density at radius 1 is 1.32 bits per heavy atom. The fourth-order valence-corrected chi connectivity index (χ4v) is 2.85. The van der Waals surface area contributed by atoms with E-state index in [1.54, 1.807) is 6.08 Å². The van der Waals surface area contributed by atoms with Crippen LogP contribution in [0, 0.1) is 0 Å². The van der Waals surface area contributed by atoms with E-state index < -0.39 is 0 Å². The molecule has 2 aliphatic rings. The van der Waals surface area contributed by atoms with Gasteiger partial charge in [-0.1, -0.05) is 30.3 Å². The summed E-state index contributed by atoms with van der Waals surface area (Å²) in [5.74, 6) is -0.00287. The molecule has 4 heteroatoms. The van der Waals surface area contributed by atoms with Gasteiger partial charge in [0, 0.05) is 18.3 Å². The second-order valence-electron chi connectivity index (χ2n) is 5.20. The molecule has 1 atom stereocenters. The SMILES string of the molecule is CC1(c2ccccc2)COCCN1C1=CC(=O)NC1. The molecule has 0 bridgehead atoms. The molecule has 1 saturated heterocycles. The average molecular weight is 258 g/mol. The number of amides is 1. The van der Waals surface area contributed by atoms with Crippen molar-refractivity contribution in [3.8, 4) is 0 Å². The van der Waals surface area contributed by atoms with Gasteiger partial charge >= 0.3 is 0 Å². The summed E-state index contributed by atoms with van der Waals surface area (Å²) >= 11 is 0. The van der Waals surface area contributed by atoms with Gasteiger partial charge in [-0.2, -0.15) is 0 Å². The summed E-state index contributed by atoms with van der Waals surface area (Å²) < 4.78 is 5.68. The summed E-state index contributed by atoms with van der Waals surface area (Å²) in [6.07, 6.45) is 1.70. The van der Waals surface area contributed by atoms with Crippen molar-refractivity contribution in [2.45, 2.75) is 12.5 Å². The van der Waals surface area contributed by atoms with Crippen molar-refractivity contribution >= 4 is 5.91 Å². The second-order valence-corrected chi connectivity index (χ2v) is 5.20. The van der Waals surface area contributed by atoms with Gasteiger partial charge in [-0.15, -0.1) is 0 Å². The number of morpholine rings is 1. The highest BCUT2D eigenvalue weighted by Crippen LogP contribution is 2.34. The van der Waals surface area contributed by atoms with E-state index in [-0.39, 0.29) is 11.4 Å². The maximum absolute atomic E-state index is 11.4. The maximum atomic E-state index is 11.4. The molecule has 1 aromatic rings. The Bertz CT molecular complexity index is 512. The zero-order chi connectivity index (χ0) is 13.3. The molecular weight excluding hydrogens is 240 g/mol. The van der Waals surface area contributed by atoms with E-state index in [1.165, 1.54) is 5.56 Å². The molecule has 2 aliphatic heterocycles. The Kier molecular flexibility index (Phi) is 3.03. The summed E-state index contributed by atoms with van der Waals surface area (Å²) in [4.78, 5) is 13.7. The summed E-state index contributed by atoms with van der Waals surface area (Å²) in [7, 11) is 0. The Morgan fingerprint density at radius 3 is 2.79 bits per heavy atom. The van der Waals surface area contributed by atoms with E-state index in [0.29, 0.717) is 19.8 Å². The first kappa shape index (κ1) is 12.2. The van der Waals surface area contributed by atoms with E-state index >= 15 is 0 Å². The summed E-state index contributed by atoms with van der Waals surface area (Å²) in [6.45, 7) is 4.94. The number of carbonyl (C=O) groups is 1. The number of nitrogens with one attached hydrogen (secondary N) is 1. The normalized spacial score (nSPS) is 27.1. The standard InChI is InChI=1S/C15H18N2O2/c1-15(12-5-3-2-4-6-12)11-19-8-7-17(15)13-9-14(18)16-10-13/h2-6,9H,7-8,10-11H2,1H3,(H,16,18). The molecule has 1 aromatic carbocycles. The lowest BCUT2D eigenvalue weighted by atomic mass is 9.89. The molecule has 1 unspecified atom stereocenters. The van der Waals surface area contributed by atoms with Crippen LogP contribution in [-0.4, -0.2) is 37.1 Å². The van der Waals surface area contributed by atoms with Crippen LogP contribution in [0.3, 0.4) is 0 Å². The van der Waals surface area contributed by atoms with E-state index in [0.717, 1.165) is 12.2 Å². The first-order valence-electron chi connectivity index (χ1n) is 6.59. The number of hydrogen-bond acceptors (Lipinski definition) is 3. The lowest BCUT2D eigenvalue weighted by Crippen LogP contribution is -2.52. The molecule has 0 aromatic heterocycles. The largest absolute Gasteiger partial charge is 0.377 e. The summed E-state index contributed by atoms with van der Waals surface area (Å²) in [5.41, 5.74) is 2.06. The van der Waals surface area contributed by atoms with Gasteiger partial charge in [-0.3, -0.25) is 4.79 Å². The fourth-order valence-electron chi connectivity index (χ4n) is 2.85. The molecule has 4 nitrogen and oxygen atoms in total. The Labute approximate surface area is 113 Å². The van der Waals surface area contributed by atoms with Crippen molar-refractivity contribution in [3.05, 3.63) is 47.7 Å². The number of ether oxygens (including phenoxy) is 1. The van der Waals surface area contributed by atoms with E-state index in [2.05, 4.69) is 29.3 Å². The minimum atomic E-state index is -0.211. The van der Waals surface area contributed by atoms with Gasteiger partial charge < -0.3 is 15.0 Å². The highest BCUT2D eigenvalue weighted by atomic mass is 16.5. The van der Waals surface area contributed by atoms with Gasteiger partial charge in [0.2, 0.25) is 5.91 Å². The molecular formula is C15H18N2O2. The Hall–Kier alpha value is -1.81. The number of carbonyl (C=O) groups excluding carboxylic acids is 1. The van der Waals surface area contributed by atoms with Crippen LogP contribution >= 0.6 is 0 Å². The molecule has 3 rings (SSSR count). The highest BCUT2D eigenvalue weighted by molar-refractivity contribution is 5.90. The zero-order valence-corrected chi connectivity index (χ0v) is 11.1. The molecule has 0 saturated carbocycles. The molecule has 0 spiro atoms. The first-order valence-corrected chi connectivity index (χ1v) is 6.59. The third-order valence-corrected chi connectivity index (χ3v) is 3.92. The van der Waals surface area contributed by atoms with Crippen molar-refractivity contribution in [1.29, 1.82) is 0 Å². The van der Waals surface area contributed by atoms with Crippen molar-refractivity contribution < 1.29 is 9.53 Å². The number of nitrogens with zero attached hydrogens (tertiary/aromatic N) is 1. The van der Waals surface area contributed by atoms with Crippen LogP contribution < -0.4 is 5.32 Å². The molecule has 2 heterocycles. The van der Waals surface area contributed by atoms with Crippen LogP contribution in [-0.2, 0) is 15.1 Å². The second kappa shape index (κ2) is 4.70. The summed E-state index contributed by atoms with van der Waals surface area (Å²) in [5, 5.41) is 2.84. The van der Waals surface area contributed by atoms with Crippen LogP contribution in [0.2, 0.25) is 0 Å². The minimum absolute atomic E-state index is 0.00287. The van der Waals surface area contributed by atoms with Crippen molar-refractivity contribution in [2.24, 2.45) is 0 Å². The molecule has 1 N–H and O–H groups in total. The van der Waals surface area contributed by atoms with Gasteiger partial charge in [0.05, 0.1) is 25.3 Å². The van der Waals surface area contributed by atoms with E-state index in [9.17, 15) is 4.79 Å². The Balaban J connectivity index is 1.97. The van der Waals surface area contributed by atoms with Gasteiger partial charge in [-0.25, -0.2) is 0 Å². The summed E-state index contributed by atoms with van der Waals surface area (Å²) in [6, 6.07) is 10.3. The lowest BCUT2D eigenvalue weighted by molar-refractivity contribution is -0.115. The van der Waals surface area contributed by atoms with Crippen molar-refractivity contribution in [2.75, 3.05) is 26.3 Å². The van der Waals surface area contributed by atoms with Crippen LogP contribution in [0.15, 0.2) is 42.1 Å². The van der Waals surface area contributed by atoms with Crippen LogP contribution in [0.5, 0.6) is 0 Å². The highest BCUT2D eigenvalue weighted by Gasteiger charge is 2.38. The number of hydrogen-bond donors (Lipinski definition) is 1. The maximum Gasteiger partial charge on any atom is 0.246 e. The molecule has 100 valence electrons. The average Bonchev–Trinajstić information content (AvgIpc) is 2.87. The zero-order valence-electron chi connectivity index (χ0n) is 11.1. The van der Waals surface area contributed by atoms with Crippen molar-refractivity contribution in [1.82, 2.24) is 10.2 Å².